The fourth-order valence-corrected chi connectivity index (χ4v) is 1.85. The van der Waals surface area contributed by atoms with Crippen LogP contribution in [0.3, 0.4) is 0 Å². The summed E-state index contributed by atoms with van der Waals surface area (Å²) < 4.78 is 7.17. The minimum absolute atomic E-state index is 0.114. The van der Waals surface area contributed by atoms with Crippen molar-refractivity contribution in [2.75, 3.05) is 13.2 Å². The van der Waals surface area contributed by atoms with Crippen LogP contribution in [0.5, 0.6) is 0 Å². The minimum atomic E-state index is 0.114. The second-order valence-electron chi connectivity index (χ2n) is 3.77. The molecule has 0 spiro atoms. The van der Waals surface area contributed by atoms with Crippen molar-refractivity contribution in [3.63, 3.8) is 0 Å². The van der Waals surface area contributed by atoms with Crippen LogP contribution in [0.15, 0.2) is 23.1 Å². The normalized spacial score (nSPS) is 22.2. The van der Waals surface area contributed by atoms with E-state index in [1.54, 1.807) is 4.57 Å². The van der Waals surface area contributed by atoms with Gasteiger partial charge < -0.3 is 9.30 Å². The molecule has 14 heavy (non-hydrogen) atoms. The van der Waals surface area contributed by atoms with Crippen molar-refractivity contribution in [1.82, 2.24) is 4.57 Å². The van der Waals surface area contributed by atoms with Gasteiger partial charge in [-0.3, -0.25) is 4.79 Å². The van der Waals surface area contributed by atoms with Crippen molar-refractivity contribution < 1.29 is 4.74 Å². The highest BCUT2D eigenvalue weighted by atomic mass is 16.5. The Morgan fingerprint density at radius 2 is 2.43 bits per heavy atom. The molecule has 0 aliphatic carbocycles. The molecule has 2 heterocycles. The zero-order valence-electron chi connectivity index (χ0n) is 8.40. The maximum absolute atomic E-state index is 11.8. The largest absolute Gasteiger partial charge is 0.379 e. The topological polar surface area (TPSA) is 31.2 Å². The molecule has 0 amide bonds. The van der Waals surface area contributed by atoms with Crippen LogP contribution in [0, 0.1) is 6.92 Å². The molecule has 1 fully saturated rings. The molecule has 0 saturated carbocycles. The van der Waals surface area contributed by atoms with Crippen molar-refractivity contribution in [2.45, 2.75) is 25.8 Å². The predicted octanol–water partition coefficient (Wildman–Crippen LogP) is 1.51. The van der Waals surface area contributed by atoms with Crippen LogP contribution in [0.25, 0.3) is 0 Å². The molecule has 0 N–H and O–H groups in total. The van der Waals surface area contributed by atoms with Gasteiger partial charge in [0.15, 0.2) is 0 Å². The highest BCUT2D eigenvalue weighted by Crippen LogP contribution is 2.17. The van der Waals surface area contributed by atoms with Gasteiger partial charge in [0.05, 0.1) is 12.6 Å². The van der Waals surface area contributed by atoms with Gasteiger partial charge in [-0.15, -0.1) is 0 Å². The Labute approximate surface area is 83.3 Å². The van der Waals surface area contributed by atoms with E-state index in [-0.39, 0.29) is 11.6 Å². The monoisotopic (exact) mass is 193 g/mol. The first-order chi connectivity index (χ1) is 6.79. The Morgan fingerprint density at radius 3 is 3.14 bits per heavy atom. The minimum Gasteiger partial charge on any atom is -0.379 e. The second kappa shape index (κ2) is 3.96. The maximum atomic E-state index is 11.8. The molecule has 1 aliphatic heterocycles. The standard InChI is InChI=1S/C11H15NO2/c1-9-4-2-6-12(11(9)13)10-5-3-7-14-8-10/h2,4,6,10H,3,5,7-8H2,1H3/t10-/m0/s1. The molecular formula is C11H15NO2. The molecule has 0 bridgehead atoms. The molecule has 0 unspecified atom stereocenters. The van der Waals surface area contributed by atoms with Crippen molar-refractivity contribution >= 4 is 0 Å². The smallest absolute Gasteiger partial charge is 0.253 e. The van der Waals surface area contributed by atoms with E-state index in [2.05, 4.69) is 0 Å². The Hall–Kier alpha value is -1.09. The molecule has 1 atom stereocenters. The fourth-order valence-electron chi connectivity index (χ4n) is 1.85. The number of pyridine rings is 1. The molecule has 0 radical (unpaired) electrons. The highest BCUT2D eigenvalue weighted by molar-refractivity contribution is 5.08. The Bertz CT molecular complexity index is 364. The van der Waals surface area contributed by atoms with Gasteiger partial charge in [0.25, 0.3) is 5.56 Å². The van der Waals surface area contributed by atoms with Crippen LogP contribution in [0.2, 0.25) is 0 Å². The Kier molecular flexibility index (Phi) is 2.68. The summed E-state index contributed by atoms with van der Waals surface area (Å²) in [5.41, 5.74) is 0.918. The molecule has 1 saturated heterocycles. The van der Waals surface area contributed by atoms with Gasteiger partial charge in [0.1, 0.15) is 0 Å². The fraction of sp³-hybridized carbons (Fsp3) is 0.545. The molecule has 1 aromatic rings. The molecule has 3 nitrogen and oxygen atoms in total. The van der Waals surface area contributed by atoms with Crippen LogP contribution in [0.1, 0.15) is 24.4 Å². The van der Waals surface area contributed by atoms with Crippen molar-refractivity contribution in [3.8, 4) is 0 Å². The van der Waals surface area contributed by atoms with Crippen molar-refractivity contribution in [2.24, 2.45) is 0 Å². The zero-order valence-corrected chi connectivity index (χ0v) is 8.40. The zero-order chi connectivity index (χ0) is 9.97. The van der Waals surface area contributed by atoms with E-state index in [1.165, 1.54) is 0 Å². The summed E-state index contributed by atoms with van der Waals surface area (Å²) in [6, 6.07) is 4.00. The van der Waals surface area contributed by atoms with E-state index in [0.29, 0.717) is 6.61 Å². The third-order valence-corrected chi connectivity index (χ3v) is 2.69. The van der Waals surface area contributed by atoms with Gasteiger partial charge in [-0.25, -0.2) is 0 Å². The van der Waals surface area contributed by atoms with Gasteiger partial charge in [0, 0.05) is 18.4 Å². The SMILES string of the molecule is Cc1cccn([C@H]2CCCOC2)c1=O. The number of ether oxygens (including phenoxy) is 1. The summed E-state index contributed by atoms with van der Waals surface area (Å²) in [6.07, 6.45) is 3.95. The molecule has 1 aliphatic rings. The Balaban J connectivity index is 2.31. The second-order valence-corrected chi connectivity index (χ2v) is 3.77. The lowest BCUT2D eigenvalue weighted by Gasteiger charge is -2.24. The number of hydrogen-bond donors (Lipinski definition) is 0. The lowest BCUT2D eigenvalue weighted by atomic mass is 10.1. The molecule has 3 heteroatoms. The van der Waals surface area contributed by atoms with Crippen LogP contribution in [0.4, 0.5) is 0 Å². The lowest BCUT2D eigenvalue weighted by molar-refractivity contribution is 0.0579. The molecule has 0 aromatic carbocycles. The number of nitrogens with zero attached hydrogens (tertiary/aromatic N) is 1. The van der Waals surface area contributed by atoms with Crippen LogP contribution < -0.4 is 5.56 Å². The quantitative estimate of drug-likeness (QED) is 0.677. The summed E-state index contributed by atoms with van der Waals surface area (Å²) in [5, 5.41) is 0. The first kappa shape index (κ1) is 9.46. The summed E-state index contributed by atoms with van der Waals surface area (Å²) in [4.78, 5) is 11.8. The summed E-state index contributed by atoms with van der Waals surface area (Å²) in [6.45, 7) is 3.35. The van der Waals surface area contributed by atoms with E-state index in [0.717, 1.165) is 25.0 Å². The lowest BCUT2D eigenvalue weighted by Crippen LogP contribution is -2.30. The van der Waals surface area contributed by atoms with Crippen LogP contribution in [-0.2, 0) is 4.74 Å². The van der Waals surface area contributed by atoms with Crippen LogP contribution >= 0.6 is 0 Å². The molecule has 76 valence electrons. The average Bonchev–Trinajstić information content (AvgIpc) is 2.23. The van der Waals surface area contributed by atoms with Gasteiger partial charge in [-0.1, -0.05) is 6.07 Å². The van der Waals surface area contributed by atoms with E-state index in [4.69, 9.17) is 4.74 Å². The summed E-state index contributed by atoms with van der Waals surface area (Å²) >= 11 is 0. The van der Waals surface area contributed by atoms with E-state index in [9.17, 15) is 4.79 Å². The Morgan fingerprint density at radius 1 is 1.57 bits per heavy atom. The average molecular weight is 193 g/mol. The summed E-state index contributed by atoms with van der Waals surface area (Å²) in [5.74, 6) is 0. The molecule has 1 aromatic heterocycles. The van der Waals surface area contributed by atoms with E-state index >= 15 is 0 Å². The van der Waals surface area contributed by atoms with Gasteiger partial charge >= 0.3 is 0 Å². The van der Waals surface area contributed by atoms with E-state index < -0.39 is 0 Å². The maximum Gasteiger partial charge on any atom is 0.253 e. The number of hydrogen-bond acceptors (Lipinski definition) is 2. The number of aromatic nitrogens is 1. The van der Waals surface area contributed by atoms with Crippen molar-refractivity contribution in [3.05, 3.63) is 34.2 Å². The van der Waals surface area contributed by atoms with Gasteiger partial charge in [-0.2, -0.15) is 0 Å². The first-order valence-electron chi connectivity index (χ1n) is 5.04. The third-order valence-electron chi connectivity index (χ3n) is 2.69. The van der Waals surface area contributed by atoms with Crippen LogP contribution in [-0.4, -0.2) is 17.8 Å². The molecule has 2 rings (SSSR count). The van der Waals surface area contributed by atoms with Gasteiger partial charge in [0.2, 0.25) is 0 Å². The first-order valence-corrected chi connectivity index (χ1v) is 5.04. The van der Waals surface area contributed by atoms with E-state index in [1.807, 2.05) is 25.3 Å². The predicted molar refractivity (Wildman–Crippen MR) is 54.5 cm³/mol. The third kappa shape index (κ3) is 1.73. The molecular weight excluding hydrogens is 178 g/mol. The van der Waals surface area contributed by atoms with Crippen molar-refractivity contribution in [1.29, 1.82) is 0 Å². The highest BCUT2D eigenvalue weighted by Gasteiger charge is 2.16. The van der Waals surface area contributed by atoms with Gasteiger partial charge in [-0.05, 0) is 25.8 Å². The number of aryl methyl sites for hydroxylation is 1. The summed E-state index contributed by atoms with van der Waals surface area (Å²) in [7, 11) is 0. The number of rotatable bonds is 1.